The van der Waals surface area contributed by atoms with Gasteiger partial charge < -0.3 is 25.3 Å². The van der Waals surface area contributed by atoms with E-state index >= 15 is 0 Å². The molecule has 0 unspecified atom stereocenters. The van der Waals surface area contributed by atoms with Crippen LogP contribution in [0, 0.1) is 6.92 Å². The number of amides is 1. The molecule has 1 aliphatic carbocycles. The standard InChI is InChI=1S/C25H31ClN4O2/c1-4-30(5-2)13-7-12-27-24(31)21-15(3)28-23-18(21)8-6-9-19(23)22-17-11-10-16(26)14-20(17)29-25(22)32/h9-11,14,28-29,32H,4-8,12-13H2,1-3H3,(H,27,31). The highest BCUT2D eigenvalue weighted by Gasteiger charge is 2.28. The Kier molecular flexibility index (Phi) is 6.63. The molecule has 6 nitrogen and oxygen atoms in total. The summed E-state index contributed by atoms with van der Waals surface area (Å²) in [6.45, 7) is 9.93. The van der Waals surface area contributed by atoms with Crippen LogP contribution in [0.25, 0.3) is 16.5 Å². The van der Waals surface area contributed by atoms with Crippen molar-refractivity contribution in [3.63, 3.8) is 0 Å². The van der Waals surface area contributed by atoms with E-state index in [0.717, 1.165) is 83.5 Å². The van der Waals surface area contributed by atoms with Gasteiger partial charge in [-0.1, -0.05) is 37.6 Å². The predicted molar refractivity (Wildman–Crippen MR) is 131 cm³/mol. The van der Waals surface area contributed by atoms with Gasteiger partial charge in [-0.15, -0.1) is 0 Å². The highest BCUT2D eigenvalue weighted by Crippen LogP contribution is 2.41. The second-order valence-corrected chi connectivity index (χ2v) is 8.75. The van der Waals surface area contributed by atoms with Crippen molar-refractivity contribution >= 4 is 34.0 Å². The van der Waals surface area contributed by atoms with Crippen molar-refractivity contribution < 1.29 is 9.90 Å². The van der Waals surface area contributed by atoms with Gasteiger partial charge in [-0.3, -0.25) is 4.79 Å². The van der Waals surface area contributed by atoms with Crippen molar-refractivity contribution in [3.8, 4) is 5.88 Å². The number of nitrogens with one attached hydrogen (secondary N) is 3. The Hall–Kier alpha value is -2.70. The quantitative estimate of drug-likeness (QED) is 0.361. The molecule has 0 atom stereocenters. The molecule has 3 aromatic rings. The van der Waals surface area contributed by atoms with Crippen LogP contribution in [0.15, 0.2) is 24.3 Å². The van der Waals surface area contributed by atoms with Gasteiger partial charge in [-0.25, -0.2) is 0 Å². The number of benzene rings is 1. The van der Waals surface area contributed by atoms with Crippen LogP contribution in [0.5, 0.6) is 5.88 Å². The summed E-state index contributed by atoms with van der Waals surface area (Å²) < 4.78 is 0. The fraction of sp³-hybridized carbons (Fsp3) is 0.400. The molecule has 4 rings (SSSR count). The van der Waals surface area contributed by atoms with Crippen LogP contribution in [0.2, 0.25) is 5.02 Å². The fourth-order valence-corrected chi connectivity index (χ4v) is 4.89. The molecule has 170 valence electrons. The molecule has 0 radical (unpaired) electrons. The van der Waals surface area contributed by atoms with E-state index in [2.05, 4.69) is 40.1 Å². The summed E-state index contributed by atoms with van der Waals surface area (Å²) in [6.07, 6.45) is 4.65. The summed E-state index contributed by atoms with van der Waals surface area (Å²) in [6, 6.07) is 5.54. The molecule has 0 fully saturated rings. The number of allylic oxidation sites excluding steroid dienone is 1. The van der Waals surface area contributed by atoms with Crippen LogP contribution < -0.4 is 5.32 Å². The first kappa shape index (κ1) is 22.5. The van der Waals surface area contributed by atoms with E-state index in [1.807, 2.05) is 19.1 Å². The fourth-order valence-electron chi connectivity index (χ4n) is 4.71. The lowest BCUT2D eigenvalue weighted by atomic mass is 9.89. The predicted octanol–water partition coefficient (Wildman–Crippen LogP) is 5.00. The highest BCUT2D eigenvalue weighted by molar-refractivity contribution is 6.31. The van der Waals surface area contributed by atoms with Crippen LogP contribution in [0.1, 0.15) is 59.6 Å². The summed E-state index contributed by atoms with van der Waals surface area (Å²) in [5.74, 6) is 0.0757. The van der Waals surface area contributed by atoms with Gasteiger partial charge >= 0.3 is 0 Å². The Balaban J connectivity index is 1.59. The van der Waals surface area contributed by atoms with Crippen LogP contribution in [0.4, 0.5) is 0 Å². The van der Waals surface area contributed by atoms with Crippen molar-refractivity contribution in [2.45, 2.75) is 40.0 Å². The van der Waals surface area contributed by atoms with Crippen molar-refractivity contribution in [2.75, 3.05) is 26.2 Å². The molecule has 0 aliphatic heterocycles. The summed E-state index contributed by atoms with van der Waals surface area (Å²) in [5, 5.41) is 15.3. The van der Waals surface area contributed by atoms with Crippen molar-refractivity contribution in [2.24, 2.45) is 0 Å². The average Bonchev–Trinajstić information content (AvgIpc) is 3.28. The number of nitrogens with zero attached hydrogens (tertiary/aromatic N) is 1. The number of rotatable bonds is 8. The van der Waals surface area contributed by atoms with E-state index < -0.39 is 0 Å². The number of aryl methyl sites for hydroxylation is 1. The number of aromatic nitrogens is 2. The minimum atomic E-state index is -0.0317. The van der Waals surface area contributed by atoms with Crippen LogP contribution in [-0.2, 0) is 6.42 Å². The number of aromatic hydroxyl groups is 1. The molecular formula is C25H31ClN4O2. The third-order valence-corrected chi connectivity index (χ3v) is 6.61. The molecule has 0 bridgehead atoms. The third kappa shape index (κ3) is 4.17. The van der Waals surface area contributed by atoms with E-state index in [4.69, 9.17) is 11.6 Å². The number of hydrogen-bond acceptors (Lipinski definition) is 3. The van der Waals surface area contributed by atoms with E-state index in [1.54, 1.807) is 6.07 Å². The highest BCUT2D eigenvalue weighted by atomic mass is 35.5. The van der Waals surface area contributed by atoms with Gasteiger partial charge in [0.2, 0.25) is 0 Å². The number of fused-ring (bicyclic) bond motifs is 2. The Morgan fingerprint density at radius 2 is 2.03 bits per heavy atom. The maximum atomic E-state index is 13.1. The number of carbonyl (C=O) groups is 1. The zero-order chi connectivity index (χ0) is 22.8. The number of H-pyrrole nitrogens is 2. The lowest BCUT2D eigenvalue weighted by Gasteiger charge is -2.18. The average molecular weight is 455 g/mol. The van der Waals surface area contributed by atoms with Gasteiger partial charge in [0.15, 0.2) is 5.88 Å². The van der Waals surface area contributed by atoms with Crippen LogP contribution >= 0.6 is 11.6 Å². The maximum Gasteiger partial charge on any atom is 0.253 e. The minimum absolute atomic E-state index is 0.0317. The Bertz CT molecular complexity index is 1170. The third-order valence-electron chi connectivity index (χ3n) is 6.37. The Labute approximate surface area is 193 Å². The normalized spacial score (nSPS) is 13.5. The number of halogens is 1. The molecule has 4 N–H and O–H groups in total. The largest absolute Gasteiger partial charge is 0.494 e. The molecule has 2 heterocycles. The molecular weight excluding hydrogens is 424 g/mol. The van der Waals surface area contributed by atoms with E-state index in [0.29, 0.717) is 11.6 Å². The summed E-state index contributed by atoms with van der Waals surface area (Å²) >= 11 is 6.12. The Morgan fingerprint density at radius 1 is 1.25 bits per heavy atom. The van der Waals surface area contributed by atoms with Crippen LogP contribution in [0.3, 0.4) is 0 Å². The summed E-state index contributed by atoms with van der Waals surface area (Å²) in [7, 11) is 0. The molecule has 1 amide bonds. The lowest BCUT2D eigenvalue weighted by Crippen LogP contribution is -2.30. The number of hydrogen-bond donors (Lipinski definition) is 4. The molecule has 32 heavy (non-hydrogen) atoms. The van der Waals surface area contributed by atoms with Gasteiger partial charge in [0.05, 0.1) is 22.3 Å². The first-order chi connectivity index (χ1) is 15.4. The minimum Gasteiger partial charge on any atom is -0.494 e. The summed E-state index contributed by atoms with van der Waals surface area (Å²) in [5.41, 5.74) is 5.96. The van der Waals surface area contributed by atoms with E-state index in [9.17, 15) is 9.90 Å². The molecule has 1 aromatic carbocycles. The van der Waals surface area contributed by atoms with Gasteiger partial charge in [0, 0.05) is 28.2 Å². The van der Waals surface area contributed by atoms with Gasteiger partial charge in [-0.05, 0) is 63.5 Å². The zero-order valence-electron chi connectivity index (χ0n) is 18.9. The van der Waals surface area contributed by atoms with Crippen molar-refractivity contribution in [1.29, 1.82) is 0 Å². The molecule has 1 aliphatic rings. The van der Waals surface area contributed by atoms with Crippen LogP contribution in [-0.4, -0.2) is 52.1 Å². The molecule has 2 aromatic heterocycles. The van der Waals surface area contributed by atoms with Gasteiger partial charge in [-0.2, -0.15) is 0 Å². The monoisotopic (exact) mass is 454 g/mol. The van der Waals surface area contributed by atoms with Gasteiger partial charge in [0.25, 0.3) is 5.91 Å². The maximum absolute atomic E-state index is 13.1. The van der Waals surface area contributed by atoms with E-state index in [-0.39, 0.29) is 11.8 Å². The smallest absolute Gasteiger partial charge is 0.253 e. The second kappa shape index (κ2) is 9.43. The SMILES string of the molecule is CCN(CC)CCCNC(=O)c1c(C)[nH]c2c1CCC=C2c1c(O)[nH]c2cc(Cl)ccc12. The van der Waals surface area contributed by atoms with Gasteiger partial charge in [0.1, 0.15) is 0 Å². The Morgan fingerprint density at radius 3 is 2.78 bits per heavy atom. The molecule has 0 saturated carbocycles. The van der Waals surface area contributed by atoms with E-state index in [1.165, 1.54) is 0 Å². The lowest BCUT2D eigenvalue weighted by molar-refractivity contribution is 0.0950. The first-order valence-corrected chi connectivity index (χ1v) is 11.7. The summed E-state index contributed by atoms with van der Waals surface area (Å²) in [4.78, 5) is 21.9. The van der Waals surface area contributed by atoms with Crippen molar-refractivity contribution in [3.05, 3.63) is 57.4 Å². The number of carbonyl (C=O) groups excluding carboxylic acids is 1. The topological polar surface area (TPSA) is 84.2 Å². The van der Waals surface area contributed by atoms with Crippen molar-refractivity contribution in [1.82, 2.24) is 20.2 Å². The number of aromatic amines is 2. The molecule has 0 spiro atoms. The molecule has 7 heteroatoms. The zero-order valence-corrected chi connectivity index (χ0v) is 19.7. The second-order valence-electron chi connectivity index (χ2n) is 8.31. The molecule has 0 saturated heterocycles. The first-order valence-electron chi connectivity index (χ1n) is 11.4.